The molecule has 3 rings (SSSR count). The number of hydrogen-bond acceptors (Lipinski definition) is 5. The molecule has 5 heteroatoms. The van der Waals surface area contributed by atoms with E-state index in [0.29, 0.717) is 6.54 Å². The van der Waals surface area contributed by atoms with Gasteiger partial charge in [-0.3, -0.25) is 0 Å². The van der Waals surface area contributed by atoms with E-state index in [1.165, 1.54) is 5.56 Å². The van der Waals surface area contributed by atoms with Gasteiger partial charge in [-0.25, -0.2) is 9.97 Å². The number of hydrogen-bond donors (Lipinski definition) is 2. The van der Waals surface area contributed by atoms with E-state index in [2.05, 4.69) is 27.6 Å². The van der Waals surface area contributed by atoms with Gasteiger partial charge >= 0.3 is 0 Å². The number of thiophene rings is 1. The van der Waals surface area contributed by atoms with Crippen LogP contribution in [0.1, 0.15) is 24.8 Å². The first-order valence-electron chi connectivity index (χ1n) is 5.83. The second-order valence-corrected chi connectivity index (χ2v) is 5.63. The molecule has 0 unspecified atom stereocenters. The molecule has 0 aliphatic heterocycles. The van der Waals surface area contributed by atoms with Crippen molar-refractivity contribution in [3.63, 3.8) is 0 Å². The molecular weight excluding hydrogens is 234 g/mol. The summed E-state index contributed by atoms with van der Waals surface area (Å²) < 4.78 is 1.08. The molecule has 0 saturated heterocycles. The van der Waals surface area contributed by atoms with Gasteiger partial charge < -0.3 is 10.4 Å². The van der Waals surface area contributed by atoms with Crippen LogP contribution < -0.4 is 5.32 Å². The molecule has 17 heavy (non-hydrogen) atoms. The summed E-state index contributed by atoms with van der Waals surface area (Å²) in [5.41, 5.74) is 1.66. The number of nitrogens with zero attached hydrogens (tertiary/aromatic N) is 2. The molecule has 1 fully saturated rings. The summed E-state index contributed by atoms with van der Waals surface area (Å²) in [7, 11) is 0. The minimum absolute atomic E-state index is 0.524. The van der Waals surface area contributed by atoms with Crippen molar-refractivity contribution in [1.82, 2.24) is 9.97 Å². The van der Waals surface area contributed by atoms with Gasteiger partial charge in [-0.05, 0) is 37.1 Å². The van der Waals surface area contributed by atoms with Gasteiger partial charge in [0.1, 0.15) is 12.1 Å². The Bertz CT molecular complexity index is 548. The van der Waals surface area contributed by atoms with Gasteiger partial charge in [0.25, 0.3) is 0 Å². The van der Waals surface area contributed by atoms with E-state index in [1.54, 1.807) is 17.7 Å². The maximum absolute atomic E-state index is 10.0. The lowest BCUT2D eigenvalue weighted by Crippen LogP contribution is -2.43. The van der Waals surface area contributed by atoms with Crippen molar-refractivity contribution in [3.8, 4) is 0 Å². The second-order valence-electron chi connectivity index (χ2n) is 4.75. The molecule has 90 valence electrons. The average Bonchev–Trinajstić information content (AvgIpc) is 2.67. The lowest BCUT2D eigenvalue weighted by atomic mass is 9.80. The van der Waals surface area contributed by atoms with E-state index in [9.17, 15) is 5.11 Å². The molecule has 2 aromatic heterocycles. The normalized spacial score (nSPS) is 18.0. The first-order chi connectivity index (χ1) is 8.18. The molecule has 1 saturated carbocycles. The Labute approximate surface area is 104 Å². The Morgan fingerprint density at radius 1 is 1.47 bits per heavy atom. The van der Waals surface area contributed by atoms with Crippen LogP contribution in [0.25, 0.3) is 10.2 Å². The summed E-state index contributed by atoms with van der Waals surface area (Å²) in [5, 5.41) is 15.4. The maximum atomic E-state index is 10.0. The van der Waals surface area contributed by atoms with Crippen molar-refractivity contribution in [2.45, 2.75) is 31.8 Å². The maximum Gasteiger partial charge on any atom is 0.147 e. The van der Waals surface area contributed by atoms with Crippen LogP contribution in [0.2, 0.25) is 0 Å². The number of aryl methyl sites for hydroxylation is 1. The molecule has 2 N–H and O–H groups in total. The van der Waals surface area contributed by atoms with Crippen LogP contribution in [-0.4, -0.2) is 27.2 Å². The summed E-state index contributed by atoms with van der Waals surface area (Å²) in [4.78, 5) is 8.54. The van der Waals surface area contributed by atoms with Crippen molar-refractivity contribution >= 4 is 27.4 Å². The molecule has 1 aliphatic carbocycles. The molecule has 0 radical (unpaired) electrons. The Morgan fingerprint density at radius 3 is 3.00 bits per heavy atom. The van der Waals surface area contributed by atoms with Crippen LogP contribution in [-0.2, 0) is 0 Å². The molecule has 0 amide bonds. The topological polar surface area (TPSA) is 58.0 Å². The molecule has 4 nitrogen and oxygen atoms in total. The summed E-state index contributed by atoms with van der Waals surface area (Å²) in [6, 6.07) is 0. The predicted molar refractivity (Wildman–Crippen MR) is 69.4 cm³/mol. The Hall–Kier alpha value is -1.20. The van der Waals surface area contributed by atoms with E-state index in [0.717, 1.165) is 35.3 Å². The third kappa shape index (κ3) is 1.89. The lowest BCUT2D eigenvalue weighted by molar-refractivity contribution is -0.0202. The lowest BCUT2D eigenvalue weighted by Gasteiger charge is -2.36. The Balaban J connectivity index is 1.85. The summed E-state index contributed by atoms with van der Waals surface area (Å²) in [6.45, 7) is 2.63. The zero-order valence-corrected chi connectivity index (χ0v) is 10.5. The van der Waals surface area contributed by atoms with Gasteiger partial charge in [0, 0.05) is 6.54 Å². The molecule has 2 aromatic rings. The first kappa shape index (κ1) is 10.9. The van der Waals surface area contributed by atoms with E-state index in [-0.39, 0.29) is 0 Å². The van der Waals surface area contributed by atoms with Crippen molar-refractivity contribution in [2.24, 2.45) is 0 Å². The number of aromatic nitrogens is 2. The summed E-state index contributed by atoms with van der Waals surface area (Å²) >= 11 is 1.65. The quantitative estimate of drug-likeness (QED) is 0.876. The van der Waals surface area contributed by atoms with E-state index >= 15 is 0 Å². The Kier molecular flexibility index (Phi) is 2.52. The van der Waals surface area contributed by atoms with Gasteiger partial charge in [0.15, 0.2) is 0 Å². The zero-order valence-electron chi connectivity index (χ0n) is 9.73. The fourth-order valence-electron chi connectivity index (χ4n) is 2.11. The molecule has 0 spiro atoms. The third-order valence-corrected chi connectivity index (χ3v) is 4.49. The van der Waals surface area contributed by atoms with Gasteiger partial charge in [-0.15, -0.1) is 11.3 Å². The molecular formula is C12H15N3OS. The third-order valence-electron chi connectivity index (χ3n) is 3.40. The van der Waals surface area contributed by atoms with Crippen LogP contribution in [0, 0.1) is 6.92 Å². The van der Waals surface area contributed by atoms with E-state index < -0.39 is 5.60 Å². The van der Waals surface area contributed by atoms with Gasteiger partial charge in [0.05, 0.1) is 15.8 Å². The van der Waals surface area contributed by atoms with Crippen molar-refractivity contribution in [2.75, 3.05) is 11.9 Å². The minimum atomic E-state index is -0.524. The SMILES string of the molecule is Cc1csc2c(NCC3(O)CCC3)ncnc12. The van der Waals surface area contributed by atoms with Gasteiger partial charge in [-0.1, -0.05) is 0 Å². The molecule has 0 bridgehead atoms. The number of anilines is 1. The molecule has 0 atom stereocenters. The van der Waals surface area contributed by atoms with Gasteiger partial charge in [0.2, 0.25) is 0 Å². The molecule has 0 aromatic carbocycles. The Morgan fingerprint density at radius 2 is 2.29 bits per heavy atom. The number of rotatable bonds is 3. The average molecular weight is 249 g/mol. The van der Waals surface area contributed by atoms with E-state index in [4.69, 9.17) is 0 Å². The van der Waals surface area contributed by atoms with Crippen LogP contribution in [0.15, 0.2) is 11.7 Å². The predicted octanol–water partition coefficient (Wildman–Crippen LogP) is 2.33. The van der Waals surface area contributed by atoms with Crippen LogP contribution in [0.5, 0.6) is 0 Å². The summed E-state index contributed by atoms with van der Waals surface area (Å²) in [5.74, 6) is 0.841. The fraction of sp³-hybridized carbons (Fsp3) is 0.500. The largest absolute Gasteiger partial charge is 0.388 e. The van der Waals surface area contributed by atoms with E-state index in [1.807, 2.05) is 0 Å². The van der Waals surface area contributed by atoms with Crippen molar-refractivity contribution < 1.29 is 5.11 Å². The standard InChI is InChI=1S/C12H15N3OS/c1-8-5-17-10-9(8)14-7-15-11(10)13-6-12(16)3-2-4-12/h5,7,16H,2-4,6H2,1H3,(H,13,14,15). The highest BCUT2D eigenvalue weighted by Crippen LogP contribution is 2.33. The zero-order chi connectivity index (χ0) is 11.9. The highest BCUT2D eigenvalue weighted by atomic mass is 32.1. The van der Waals surface area contributed by atoms with Gasteiger partial charge in [-0.2, -0.15) is 0 Å². The number of aliphatic hydroxyl groups is 1. The monoisotopic (exact) mass is 249 g/mol. The van der Waals surface area contributed by atoms with Crippen molar-refractivity contribution in [3.05, 3.63) is 17.3 Å². The number of fused-ring (bicyclic) bond motifs is 1. The highest BCUT2D eigenvalue weighted by molar-refractivity contribution is 7.18. The second kappa shape index (κ2) is 3.92. The smallest absolute Gasteiger partial charge is 0.147 e. The highest BCUT2D eigenvalue weighted by Gasteiger charge is 2.34. The van der Waals surface area contributed by atoms with Crippen LogP contribution in [0.4, 0.5) is 5.82 Å². The summed E-state index contributed by atoms with van der Waals surface area (Å²) in [6.07, 6.45) is 4.47. The van der Waals surface area contributed by atoms with Crippen molar-refractivity contribution in [1.29, 1.82) is 0 Å². The molecule has 2 heterocycles. The fourth-order valence-corrected chi connectivity index (χ4v) is 3.07. The van der Waals surface area contributed by atoms with Crippen LogP contribution in [0.3, 0.4) is 0 Å². The number of nitrogens with one attached hydrogen (secondary N) is 1. The van der Waals surface area contributed by atoms with Crippen LogP contribution >= 0.6 is 11.3 Å². The molecule has 1 aliphatic rings. The minimum Gasteiger partial charge on any atom is -0.388 e. The first-order valence-corrected chi connectivity index (χ1v) is 6.71.